The minimum atomic E-state index is -0.135. The summed E-state index contributed by atoms with van der Waals surface area (Å²) in [4.78, 5) is 7.19. The van der Waals surface area contributed by atoms with Gasteiger partial charge in [0.2, 0.25) is 0 Å². The molecular weight excluding hydrogens is 370 g/mol. The fourth-order valence-corrected chi connectivity index (χ4v) is 4.43. The van der Waals surface area contributed by atoms with Gasteiger partial charge in [0.1, 0.15) is 17.6 Å². The molecule has 3 heterocycles. The van der Waals surface area contributed by atoms with Crippen molar-refractivity contribution in [1.82, 2.24) is 14.5 Å². The van der Waals surface area contributed by atoms with Crippen LogP contribution in [0.5, 0.6) is 0 Å². The van der Waals surface area contributed by atoms with E-state index in [4.69, 9.17) is 9.72 Å². The van der Waals surface area contributed by atoms with Crippen LogP contribution in [-0.4, -0.2) is 40.7 Å². The van der Waals surface area contributed by atoms with Gasteiger partial charge in [-0.1, -0.05) is 48.4 Å². The highest BCUT2D eigenvalue weighted by atomic mass is 16.5. The molecule has 4 heteroatoms. The fraction of sp³-hybridized carbons (Fsp3) is 0.346. The molecule has 1 aromatic heterocycles. The third-order valence-electron chi connectivity index (χ3n) is 6.17. The lowest BCUT2D eigenvalue weighted by atomic mass is 10.00. The molecule has 0 bridgehead atoms. The molecule has 1 unspecified atom stereocenters. The number of imidazole rings is 1. The van der Waals surface area contributed by atoms with Gasteiger partial charge < -0.3 is 14.2 Å². The van der Waals surface area contributed by atoms with Crippen molar-refractivity contribution in [1.29, 1.82) is 0 Å². The number of fused-ring (bicyclic) bond motifs is 2. The molecule has 152 valence electrons. The average Bonchev–Trinajstić information content (AvgIpc) is 3.12. The van der Waals surface area contributed by atoms with Crippen molar-refractivity contribution < 1.29 is 4.74 Å². The number of benzene rings is 2. The Morgan fingerprint density at radius 3 is 2.53 bits per heavy atom. The van der Waals surface area contributed by atoms with Gasteiger partial charge in [-0.2, -0.15) is 0 Å². The van der Waals surface area contributed by atoms with Gasteiger partial charge >= 0.3 is 0 Å². The number of nitrogens with zero attached hydrogens (tertiary/aromatic N) is 3. The number of ether oxygens (including phenoxy) is 1. The Morgan fingerprint density at radius 2 is 1.70 bits per heavy atom. The van der Waals surface area contributed by atoms with Gasteiger partial charge in [0.05, 0.1) is 12.3 Å². The number of piperidine rings is 1. The second-order valence-electron chi connectivity index (χ2n) is 8.24. The average molecular weight is 398 g/mol. The van der Waals surface area contributed by atoms with E-state index in [0.29, 0.717) is 0 Å². The van der Waals surface area contributed by atoms with E-state index in [1.54, 1.807) is 0 Å². The Bertz CT molecular complexity index is 1070. The monoisotopic (exact) mass is 397 g/mol. The van der Waals surface area contributed by atoms with Crippen LogP contribution < -0.4 is 0 Å². The lowest BCUT2D eigenvalue weighted by Crippen LogP contribution is -2.35. The first kappa shape index (κ1) is 19.1. The molecule has 1 fully saturated rings. The van der Waals surface area contributed by atoms with Crippen LogP contribution in [0.25, 0.3) is 0 Å². The Kier molecular flexibility index (Phi) is 5.40. The molecule has 0 radical (unpaired) electrons. The molecule has 0 spiro atoms. The third kappa shape index (κ3) is 3.92. The molecule has 4 nitrogen and oxygen atoms in total. The maximum atomic E-state index is 6.73. The number of likely N-dealkylation sites (tertiary alicyclic amines) is 1. The Morgan fingerprint density at radius 1 is 0.933 bits per heavy atom. The molecule has 0 aliphatic carbocycles. The van der Waals surface area contributed by atoms with E-state index < -0.39 is 0 Å². The maximum absolute atomic E-state index is 6.73. The zero-order valence-electron chi connectivity index (χ0n) is 17.4. The number of hydrogen-bond acceptors (Lipinski definition) is 3. The van der Waals surface area contributed by atoms with Crippen LogP contribution in [0.4, 0.5) is 0 Å². The van der Waals surface area contributed by atoms with E-state index in [1.807, 2.05) is 36.5 Å². The molecule has 1 saturated heterocycles. The SMILES string of the molecule is CN1CCC(OC2c3ccccc3CCn3c(C#Cc4ccccc4)cnc32)CC1. The first-order chi connectivity index (χ1) is 14.8. The molecule has 5 rings (SSSR count). The minimum Gasteiger partial charge on any atom is -0.362 e. The summed E-state index contributed by atoms with van der Waals surface area (Å²) in [6.07, 6.45) is 5.13. The van der Waals surface area contributed by atoms with Gasteiger partial charge in [0.25, 0.3) is 0 Å². The van der Waals surface area contributed by atoms with Crippen molar-refractivity contribution in [2.45, 2.75) is 38.0 Å². The lowest BCUT2D eigenvalue weighted by molar-refractivity contribution is -0.0276. The highest BCUT2D eigenvalue weighted by molar-refractivity contribution is 5.42. The van der Waals surface area contributed by atoms with E-state index in [2.05, 4.69) is 52.6 Å². The van der Waals surface area contributed by atoms with Crippen LogP contribution in [0.1, 0.15) is 47.2 Å². The number of hydrogen-bond donors (Lipinski definition) is 0. The molecule has 30 heavy (non-hydrogen) atoms. The van der Waals surface area contributed by atoms with Gasteiger partial charge in [0.15, 0.2) is 0 Å². The second kappa shape index (κ2) is 8.47. The molecule has 2 aromatic carbocycles. The van der Waals surface area contributed by atoms with Crippen molar-refractivity contribution in [3.05, 3.63) is 89.0 Å². The summed E-state index contributed by atoms with van der Waals surface area (Å²) in [7, 11) is 2.18. The van der Waals surface area contributed by atoms with Crippen molar-refractivity contribution >= 4 is 0 Å². The summed E-state index contributed by atoms with van der Waals surface area (Å²) in [5.74, 6) is 7.61. The topological polar surface area (TPSA) is 30.3 Å². The van der Waals surface area contributed by atoms with Crippen molar-refractivity contribution in [2.75, 3.05) is 20.1 Å². The summed E-state index contributed by atoms with van der Waals surface area (Å²) >= 11 is 0. The van der Waals surface area contributed by atoms with Crippen molar-refractivity contribution in [3.63, 3.8) is 0 Å². The van der Waals surface area contributed by atoms with E-state index in [0.717, 1.165) is 56.0 Å². The predicted molar refractivity (Wildman–Crippen MR) is 118 cm³/mol. The summed E-state index contributed by atoms with van der Waals surface area (Å²) in [5.41, 5.74) is 4.58. The molecule has 2 aliphatic rings. The van der Waals surface area contributed by atoms with Crippen molar-refractivity contribution in [3.8, 4) is 11.8 Å². The first-order valence-corrected chi connectivity index (χ1v) is 10.8. The van der Waals surface area contributed by atoms with Crippen LogP contribution in [0, 0.1) is 11.8 Å². The summed E-state index contributed by atoms with van der Waals surface area (Å²) in [6.45, 7) is 3.04. The third-order valence-corrected chi connectivity index (χ3v) is 6.17. The molecule has 1 atom stereocenters. The second-order valence-corrected chi connectivity index (χ2v) is 8.24. The van der Waals surface area contributed by atoms with E-state index in [-0.39, 0.29) is 12.2 Å². The van der Waals surface area contributed by atoms with Gasteiger partial charge in [0, 0.05) is 25.2 Å². The Labute approximate surface area is 178 Å². The molecule has 0 saturated carbocycles. The highest BCUT2D eigenvalue weighted by Crippen LogP contribution is 2.34. The quantitative estimate of drug-likeness (QED) is 0.612. The van der Waals surface area contributed by atoms with Crippen LogP contribution >= 0.6 is 0 Å². The maximum Gasteiger partial charge on any atom is 0.143 e. The van der Waals surface area contributed by atoms with Gasteiger partial charge in [-0.25, -0.2) is 4.98 Å². The smallest absolute Gasteiger partial charge is 0.143 e. The van der Waals surface area contributed by atoms with Crippen LogP contribution in [-0.2, 0) is 17.7 Å². The fourth-order valence-electron chi connectivity index (χ4n) is 4.43. The lowest BCUT2D eigenvalue weighted by Gasteiger charge is -2.32. The van der Waals surface area contributed by atoms with Crippen LogP contribution in [0.3, 0.4) is 0 Å². The summed E-state index contributed by atoms with van der Waals surface area (Å²) in [5, 5.41) is 0. The molecule has 3 aromatic rings. The van der Waals surface area contributed by atoms with Gasteiger partial charge in [-0.15, -0.1) is 0 Å². The normalized spacial score (nSPS) is 19.3. The number of aryl methyl sites for hydroxylation is 1. The molecular formula is C26H27N3O. The number of rotatable bonds is 2. The molecule has 0 amide bonds. The summed E-state index contributed by atoms with van der Waals surface area (Å²) < 4.78 is 8.99. The zero-order chi connectivity index (χ0) is 20.3. The highest BCUT2D eigenvalue weighted by Gasteiger charge is 2.30. The van der Waals surface area contributed by atoms with Gasteiger partial charge in [-0.05, 0) is 55.5 Å². The van der Waals surface area contributed by atoms with Gasteiger partial charge in [-0.3, -0.25) is 0 Å². The number of aromatic nitrogens is 2. The van der Waals surface area contributed by atoms with E-state index in [9.17, 15) is 0 Å². The van der Waals surface area contributed by atoms with Crippen LogP contribution in [0.15, 0.2) is 60.8 Å². The Hall–Kier alpha value is -2.87. The minimum absolute atomic E-state index is 0.135. The molecule has 2 aliphatic heterocycles. The van der Waals surface area contributed by atoms with Crippen molar-refractivity contribution in [2.24, 2.45) is 0 Å². The first-order valence-electron chi connectivity index (χ1n) is 10.8. The zero-order valence-corrected chi connectivity index (χ0v) is 17.4. The molecule has 0 N–H and O–H groups in total. The summed E-state index contributed by atoms with van der Waals surface area (Å²) in [6, 6.07) is 18.8. The Balaban J connectivity index is 1.49. The van der Waals surface area contributed by atoms with Crippen LogP contribution in [0.2, 0.25) is 0 Å². The largest absolute Gasteiger partial charge is 0.362 e. The standard InChI is InChI=1S/C26H27N3O/c1-28-16-14-23(15-17-28)30-25-24-10-6-5-9-21(24)13-18-29-22(19-27-26(25)29)12-11-20-7-3-2-4-8-20/h2-10,19,23,25H,13-18H2,1H3. The predicted octanol–water partition coefficient (Wildman–Crippen LogP) is 4.04. The van der Waals surface area contributed by atoms with E-state index >= 15 is 0 Å². The van der Waals surface area contributed by atoms with E-state index in [1.165, 1.54) is 11.1 Å².